The van der Waals surface area contributed by atoms with Crippen molar-refractivity contribution in [2.24, 2.45) is 0 Å². The summed E-state index contributed by atoms with van der Waals surface area (Å²) in [5.41, 5.74) is 0. The number of carbonyl (C=O) groups excluding carboxylic acids is 4. The molecule has 6 atom stereocenters. The number of rotatable bonds is 7. The molecule has 0 bridgehead atoms. The van der Waals surface area contributed by atoms with Crippen LogP contribution in [0.1, 0.15) is 41.0 Å². The van der Waals surface area contributed by atoms with Gasteiger partial charge in [0, 0.05) is 31.6 Å². The fourth-order valence-electron chi connectivity index (χ4n) is 2.83. The maximum Gasteiger partial charge on any atom is 0.303 e. The molecule has 9 nitrogen and oxygen atoms in total. The van der Waals surface area contributed by atoms with Crippen LogP contribution >= 0.6 is 22.6 Å². The largest absolute Gasteiger partial charge is 0.463 e. The number of esters is 4. The predicted molar refractivity (Wildman–Crippen MR) is 100 cm³/mol. The summed E-state index contributed by atoms with van der Waals surface area (Å²) in [4.78, 5) is 46.0. The van der Waals surface area contributed by atoms with Crippen LogP contribution in [-0.2, 0) is 42.9 Å². The van der Waals surface area contributed by atoms with Crippen LogP contribution in [0.3, 0.4) is 0 Å². The lowest BCUT2D eigenvalue weighted by molar-refractivity contribution is -0.253. The highest BCUT2D eigenvalue weighted by Gasteiger charge is 2.52. The molecule has 1 aliphatic heterocycles. The lowest BCUT2D eigenvalue weighted by Gasteiger charge is -2.44. The van der Waals surface area contributed by atoms with Gasteiger partial charge in [0.15, 0.2) is 18.3 Å². The summed E-state index contributed by atoms with van der Waals surface area (Å²) in [7, 11) is 0. The van der Waals surface area contributed by atoms with Gasteiger partial charge in [0.1, 0.15) is 18.8 Å². The number of hydrogen-bond donors (Lipinski definition) is 0. The van der Waals surface area contributed by atoms with Crippen LogP contribution in [0.25, 0.3) is 0 Å². The Morgan fingerprint density at radius 2 is 1.26 bits per heavy atom. The van der Waals surface area contributed by atoms with Crippen molar-refractivity contribution in [2.75, 3.05) is 6.61 Å². The molecule has 0 amide bonds. The van der Waals surface area contributed by atoms with Crippen molar-refractivity contribution in [1.82, 2.24) is 0 Å². The van der Waals surface area contributed by atoms with E-state index in [0.717, 1.165) is 0 Å². The van der Waals surface area contributed by atoms with Crippen LogP contribution in [0.15, 0.2) is 0 Å². The van der Waals surface area contributed by atoms with Gasteiger partial charge < -0.3 is 23.7 Å². The monoisotopic (exact) mass is 500 g/mol. The van der Waals surface area contributed by atoms with Crippen molar-refractivity contribution in [3.8, 4) is 0 Å². The van der Waals surface area contributed by atoms with Crippen LogP contribution < -0.4 is 0 Å². The standard InChI is InChI=1S/C17H25IO9/c1-8(18)6-13-15(24-10(3)20)17(26-12(5)22)16(25-11(4)21)14(27-13)7-23-9(2)19/h8,13-17H,6-7H2,1-5H3/t8?,13-,14+,15-,16-,17+/m0/s1. The number of hydrogen-bond acceptors (Lipinski definition) is 9. The minimum Gasteiger partial charge on any atom is -0.463 e. The van der Waals surface area contributed by atoms with E-state index in [4.69, 9.17) is 23.7 Å². The number of ether oxygens (including phenoxy) is 5. The Labute approximate surface area is 171 Å². The van der Waals surface area contributed by atoms with E-state index in [2.05, 4.69) is 22.6 Å². The van der Waals surface area contributed by atoms with E-state index in [0.29, 0.717) is 6.42 Å². The van der Waals surface area contributed by atoms with E-state index < -0.39 is 54.4 Å². The highest BCUT2D eigenvalue weighted by Crippen LogP contribution is 2.32. The second kappa shape index (κ2) is 10.8. The zero-order valence-electron chi connectivity index (χ0n) is 15.9. The van der Waals surface area contributed by atoms with Crippen molar-refractivity contribution in [3.05, 3.63) is 0 Å². The molecule has 154 valence electrons. The molecule has 10 heteroatoms. The Kier molecular flexibility index (Phi) is 9.43. The van der Waals surface area contributed by atoms with Gasteiger partial charge in [0.25, 0.3) is 0 Å². The Balaban J connectivity index is 3.27. The summed E-state index contributed by atoms with van der Waals surface area (Å²) in [6, 6.07) is 0. The van der Waals surface area contributed by atoms with Gasteiger partial charge in [-0.1, -0.05) is 29.5 Å². The molecule has 1 aliphatic rings. The van der Waals surface area contributed by atoms with Gasteiger partial charge in [-0.15, -0.1) is 0 Å². The van der Waals surface area contributed by atoms with E-state index in [1.165, 1.54) is 27.7 Å². The summed E-state index contributed by atoms with van der Waals surface area (Å²) >= 11 is 2.19. The summed E-state index contributed by atoms with van der Waals surface area (Å²) in [6.07, 6.45) is -4.21. The van der Waals surface area contributed by atoms with E-state index >= 15 is 0 Å². The van der Waals surface area contributed by atoms with Gasteiger partial charge in [-0.3, -0.25) is 19.2 Å². The molecular formula is C17H25IO9. The molecule has 0 radical (unpaired) electrons. The van der Waals surface area contributed by atoms with Crippen LogP contribution in [0.5, 0.6) is 0 Å². The lowest BCUT2D eigenvalue weighted by atomic mass is 9.92. The second-order valence-corrected chi connectivity index (χ2v) is 8.38. The topological polar surface area (TPSA) is 114 Å². The molecule has 1 heterocycles. The quantitative estimate of drug-likeness (QED) is 0.221. The Morgan fingerprint density at radius 3 is 1.67 bits per heavy atom. The van der Waals surface area contributed by atoms with Crippen LogP contribution in [-0.4, -0.2) is 64.9 Å². The first-order valence-corrected chi connectivity index (χ1v) is 9.70. The maximum absolute atomic E-state index is 11.6. The fourth-order valence-corrected chi connectivity index (χ4v) is 3.33. The molecule has 1 fully saturated rings. The third-order valence-corrected chi connectivity index (χ3v) is 4.15. The molecular weight excluding hydrogens is 475 g/mol. The molecule has 0 saturated carbocycles. The Hall–Kier alpha value is -1.43. The first kappa shape index (κ1) is 23.6. The highest BCUT2D eigenvalue weighted by molar-refractivity contribution is 14.1. The van der Waals surface area contributed by atoms with Crippen molar-refractivity contribution in [3.63, 3.8) is 0 Å². The van der Waals surface area contributed by atoms with Gasteiger partial charge in [-0.2, -0.15) is 0 Å². The third kappa shape index (κ3) is 7.99. The van der Waals surface area contributed by atoms with Crippen LogP contribution in [0.2, 0.25) is 0 Å². The van der Waals surface area contributed by atoms with Crippen molar-refractivity contribution in [1.29, 1.82) is 0 Å². The first-order chi connectivity index (χ1) is 12.5. The van der Waals surface area contributed by atoms with Gasteiger partial charge in [0.2, 0.25) is 0 Å². The molecule has 0 aromatic heterocycles. The van der Waals surface area contributed by atoms with E-state index in [1.807, 2.05) is 6.92 Å². The number of halogens is 1. The van der Waals surface area contributed by atoms with Crippen molar-refractivity contribution < 1.29 is 42.9 Å². The minimum absolute atomic E-state index is 0.142. The van der Waals surface area contributed by atoms with Crippen LogP contribution in [0.4, 0.5) is 0 Å². The molecule has 0 aromatic rings. The Bertz CT molecular complexity index is 563. The molecule has 1 unspecified atom stereocenters. The Morgan fingerprint density at radius 1 is 0.815 bits per heavy atom. The lowest BCUT2D eigenvalue weighted by Crippen LogP contribution is -2.62. The highest BCUT2D eigenvalue weighted by atomic mass is 127. The second-order valence-electron chi connectivity index (χ2n) is 6.25. The van der Waals surface area contributed by atoms with Crippen molar-refractivity contribution in [2.45, 2.75) is 75.5 Å². The SMILES string of the molecule is CC(=O)OC[C@H]1O[C@@H](CC(C)I)[C@H](OC(C)=O)[C@@H](OC(C)=O)[C@H]1OC(C)=O. The zero-order valence-corrected chi connectivity index (χ0v) is 18.1. The van der Waals surface area contributed by atoms with Gasteiger partial charge >= 0.3 is 23.9 Å². The molecule has 0 aromatic carbocycles. The first-order valence-electron chi connectivity index (χ1n) is 8.45. The average molecular weight is 500 g/mol. The minimum atomic E-state index is -1.10. The third-order valence-electron chi connectivity index (χ3n) is 3.64. The zero-order chi connectivity index (χ0) is 20.7. The molecule has 1 saturated heterocycles. The summed E-state index contributed by atoms with van der Waals surface area (Å²) < 4.78 is 27.1. The summed E-state index contributed by atoms with van der Waals surface area (Å²) in [5, 5.41) is 0. The number of carbonyl (C=O) groups is 4. The fraction of sp³-hybridized carbons (Fsp3) is 0.765. The smallest absolute Gasteiger partial charge is 0.303 e. The molecule has 27 heavy (non-hydrogen) atoms. The van der Waals surface area contributed by atoms with Gasteiger partial charge in [0.05, 0.1) is 0 Å². The van der Waals surface area contributed by atoms with Crippen molar-refractivity contribution >= 4 is 46.5 Å². The normalized spacial score (nSPS) is 28.6. The molecule has 0 aliphatic carbocycles. The van der Waals surface area contributed by atoms with Gasteiger partial charge in [-0.25, -0.2) is 0 Å². The number of alkyl halides is 1. The molecule has 0 spiro atoms. The average Bonchev–Trinajstić information content (AvgIpc) is 2.49. The van der Waals surface area contributed by atoms with E-state index in [1.54, 1.807) is 0 Å². The maximum atomic E-state index is 11.6. The van der Waals surface area contributed by atoms with Gasteiger partial charge in [-0.05, 0) is 6.42 Å². The summed E-state index contributed by atoms with van der Waals surface area (Å²) in [6.45, 7) is 6.58. The molecule has 1 rings (SSSR count). The predicted octanol–water partition coefficient (Wildman–Crippen LogP) is 1.33. The van der Waals surface area contributed by atoms with E-state index in [-0.39, 0.29) is 10.5 Å². The van der Waals surface area contributed by atoms with E-state index in [9.17, 15) is 19.2 Å². The summed E-state index contributed by atoms with van der Waals surface area (Å²) in [5.74, 6) is -2.41. The van der Waals surface area contributed by atoms with Crippen LogP contribution in [0, 0.1) is 0 Å². The molecule has 0 N–H and O–H groups in total.